The topological polar surface area (TPSA) is 315 Å². The van der Waals surface area contributed by atoms with E-state index in [1.807, 2.05) is 0 Å². The highest BCUT2D eigenvalue weighted by atomic mass is 16.5. The number of phenolic OH excluding ortho intramolecular Hbond substituents is 4. The fourth-order valence-electron chi connectivity index (χ4n) is 5.82. The molecule has 0 saturated carbocycles. The van der Waals surface area contributed by atoms with Gasteiger partial charge in [-0.05, 0) is 91.4 Å². The number of rotatable bonds is 15. The highest BCUT2D eigenvalue weighted by Crippen LogP contribution is 2.41. The summed E-state index contributed by atoms with van der Waals surface area (Å²) >= 11 is 0. The molecule has 0 aliphatic rings. The largest absolute Gasteiger partial charge is 0.508 e. The smallest absolute Gasteiger partial charge is 0.335 e. The van der Waals surface area contributed by atoms with E-state index in [1.54, 1.807) is 31.2 Å². The molecule has 5 aromatic rings. The molecule has 20 heteroatoms. The molecule has 0 saturated heterocycles. The second-order valence-electron chi connectivity index (χ2n) is 13.2. The number of nitrogens with one attached hydrogen (secondary N) is 5. The van der Waals surface area contributed by atoms with Crippen molar-refractivity contribution in [3.8, 4) is 46.3 Å². The van der Waals surface area contributed by atoms with E-state index in [0.717, 1.165) is 13.2 Å². The Morgan fingerprint density at radius 2 is 1.03 bits per heavy atom. The molecule has 0 bridgehead atoms. The lowest BCUT2D eigenvalue weighted by molar-refractivity contribution is -0.115. The van der Waals surface area contributed by atoms with E-state index in [0.29, 0.717) is 5.56 Å². The summed E-state index contributed by atoms with van der Waals surface area (Å²) in [5.41, 5.74) is 0.161. The minimum atomic E-state index is -1.15. The van der Waals surface area contributed by atoms with Crippen LogP contribution in [0.15, 0.2) is 90.5 Å². The second kappa shape index (κ2) is 22.0. The molecule has 5 rings (SSSR count). The third kappa shape index (κ3) is 12.0. The maximum Gasteiger partial charge on any atom is 0.335 e. The van der Waals surface area contributed by atoms with Gasteiger partial charge in [0.2, 0.25) is 5.91 Å². The van der Waals surface area contributed by atoms with Crippen LogP contribution in [0.3, 0.4) is 0 Å². The van der Waals surface area contributed by atoms with Gasteiger partial charge in [0.25, 0.3) is 23.6 Å². The van der Waals surface area contributed by atoms with Crippen molar-refractivity contribution in [2.24, 2.45) is 0 Å². The molecule has 10 N–H and O–H groups in total. The summed E-state index contributed by atoms with van der Waals surface area (Å²) < 4.78 is 15.8. The van der Waals surface area contributed by atoms with Crippen LogP contribution in [0.2, 0.25) is 0 Å². The number of nitriles is 1. The number of carboxylic acid groups (broad SMARTS) is 1. The predicted octanol–water partition coefficient (Wildman–Crippen LogP) is 5.68. The van der Waals surface area contributed by atoms with E-state index >= 15 is 0 Å². The maximum absolute atomic E-state index is 13.3. The Morgan fingerprint density at radius 3 is 1.49 bits per heavy atom. The average molecular weight is 891 g/mol. The summed E-state index contributed by atoms with van der Waals surface area (Å²) in [6, 6.07) is 20.6. The number of amides is 5. The van der Waals surface area contributed by atoms with Crippen LogP contribution in [0.25, 0.3) is 6.08 Å². The van der Waals surface area contributed by atoms with Crippen molar-refractivity contribution in [3.05, 3.63) is 118 Å². The quantitative estimate of drug-likeness (QED) is 0.0566. The van der Waals surface area contributed by atoms with Crippen LogP contribution in [-0.4, -0.2) is 88.9 Å². The van der Waals surface area contributed by atoms with Gasteiger partial charge in [0.05, 0.1) is 73.3 Å². The number of methoxy groups -OCH3 is 3. The van der Waals surface area contributed by atoms with Crippen molar-refractivity contribution in [2.75, 3.05) is 49.1 Å². The highest BCUT2D eigenvalue weighted by Gasteiger charge is 2.25. The molecule has 0 aliphatic carbocycles. The number of phenols is 4. The van der Waals surface area contributed by atoms with E-state index in [1.165, 1.54) is 87.9 Å². The molecule has 20 nitrogen and oxygen atoms in total. The first-order valence-corrected chi connectivity index (χ1v) is 18.8. The van der Waals surface area contributed by atoms with Crippen molar-refractivity contribution < 1.29 is 68.5 Å². The normalized spacial score (nSPS) is 10.4. The van der Waals surface area contributed by atoms with E-state index < -0.39 is 59.3 Å². The molecule has 5 aromatic carbocycles. The Hall–Kier alpha value is -9.25. The van der Waals surface area contributed by atoms with Crippen LogP contribution in [0.4, 0.5) is 22.7 Å². The molecule has 0 fully saturated rings. The number of hydrogen-bond donors (Lipinski definition) is 10. The first kappa shape index (κ1) is 48.4. The van der Waals surface area contributed by atoms with Gasteiger partial charge in [-0.2, -0.15) is 5.26 Å². The number of aromatic carboxylic acids is 1. The number of nitrogens with zero attached hydrogens (tertiary/aromatic N) is 1. The van der Waals surface area contributed by atoms with Gasteiger partial charge in [-0.1, -0.05) is 12.1 Å². The fraction of sp³-hybridized carbons (Fsp3) is 0.133. The van der Waals surface area contributed by atoms with Gasteiger partial charge in [0.1, 0.15) is 5.75 Å². The summed E-state index contributed by atoms with van der Waals surface area (Å²) in [5, 5.41) is 71.0. The number of carbonyl (C=O) groups is 6. The maximum atomic E-state index is 13.3. The second-order valence-corrected chi connectivity index (χ2v) is 13.2. The SMILES string of the molecule is CC#N.COc1c(NC(=O)CNC(=O)c2ccc(NC(=O)/C(C)=C/c3ccc(O)cc3)c(OC)c2O)ccc(C(=O)Nc2ccc(C(=O)Nc3ccc(C(=O)O)cc3)c(O)c2OC)c1O. The molecule has 5 amide bonds. The Balaban J connectivity index is 0.00000300. The van der Waals surface area contributed by atoms with Crippen molar-refractivity contribution in [2.45, 2.75) is 13.8 Å². The lowest BCUT2D eigenvalue weighted by Crippen LogP contribution is -2.33. The van der Waals surface area contributed by atoms with Crippen LogP contribution >= 0.6 is 0 Å². The van der Waals surface area contributed by atoms with Crippen molar-refractivity contribution >= 4 is 64.3 Å². The molecule has 0 spiro atoms. The standard InChI is InChI=1S/C43H39N5O14.C2H3N/c1-21(19-22-5-11-25(49)12-6-22)39(54)47-30-17-13-26(33(51)37(30)61-3)40(55)44-20-32(50)46-29-16-14-28(35(53)36(29)60-2)42(57)48-31-18-15-27(34(52)38(31)62-4)41(56)45-24-9-7-23(8-10-24)43(58)59;1-2-3/h5-19,49,51-53H,20H2,1-4H3,(H,44,55)(H,45,56)(H,46,50)(H,47,54)(H,48,57)(H,58,59);1H3/b21-19+;. The van der Waals surface area contributed by atoms with Crippen LogP contribution in [-0.2, 0) is 9.59 Å². The van der Waals surface area contributed by atoms with Crippen molar-refractivity contribution in [1.82, 2.24) is 5.32 Å². The van der Waals surface area contributed by atoms with Gasteiger partial charge < -0.3 is 66.3 Å². The summed E-state index contributed by atoms with van der Waals surface area (Å²) in [6.45, 7) is 2.35. The third-order valence-corrected chi connectivity index (χ3v) is 8.94. The lowest BCUT2D eigenvalue weighted by Gasteiger charge is -2.17. The summed E-state index contributed by atoms with van der Waals surface area (Å²) in [6.07, 6.45) is 1.57. The first-order chi connectivity index (χ1) is 31.0. The fourth-order valence-corrected chi connectivity index (χ4v) is 5.82. The van der Waals surface area contributed by atoms with Crippen LogP contribution in [0.1, 0.15) is 60.8 Å². The van der Waals surface area contributed by atoms with Crippen molar-refractivity contribution in [1.29, 1.82) is 5.26 Å². The number of carboxylic acids is 1. The van der Waals surface area contributed by atoms with Crippen LogP contribution < -0.4 is 40.8 Å². The molecular weight excluding hydrogens is 849 g/mol. The summed E-state index contributed by atoms with van der Waals surface area (Å²) in [4.78, 5) is 76.2. The molecule has 0 aromatic heterocycles. The van der Waals surface area contributed by atoms with Gasteiger partial charge in [-0.25, -0.2) is 4.79 Å². The van der Waals surface area contributed by atoms with Crippen molar-refractivity contribution in [3.63, 3.8) is 0 Å². The number of benzene rings is 5. The lowest BCUT2D eigenvalue weighted by atomic mass is 10.1. The van der Waals surface area contributed by atoms with E-state index in [4.69, 9.17) is 24.6 Å². The predicted molar refractivity (Wildman–Crippen MR) is 236 cm³/mol. The first-order valence-electron chi connectivity index (χ1n) is 18.8. The summed E-state index contributed by atoms with van der Waals surface area (Å²) in [7, 11) is 3.56. The van der Waals surface area contributed by atoms with Gasteiger partial charge in [-0.3, -0.25) is 24.0 Å². The molecule has 0 radical (unpaired) electrons. The zero-order valence-electron chi connectivity index (χ0n) is 35.2. The minimum Gasteiger partial charge on any atom is -0.508 e. The van der Waals surface area contributed by atoms with Crippen LogP contribution in [0, 0.1) is 11.3 Å². The molecule has 0 atom stereocenters. The number of ether oxygens (including phenoxy) is 3. The average Bonchev–Trinajstić information content (AvgIpc) is 3.27. The van der Waals surface area contributed by atoms with Gasteiger partial charge in [0.15, 0.2) is 34.5 Å². The highest BCUT2D eigenvalue weighted by molar-refractivity contribution is 6.11. The van der Waals surface area contributed by atoms with Gasteiger partial charge in [0, 0.05) is 18.2 Å². The Labute approximate surface area is 370 Å². The number of aromatic hydroxyl groups is 4. The molecule has 0 heterocycles. The zero-order valence-corrected chi connectivity index (χ0v) is 35.2. The third-order valence-electron chi connectivity index (χ3n) is 8.94. The number of anilines is 4. The number of carbonyl (C=O) groups excluding carboxylic acids is 5. The van der Waals surface area contributed by atoms with Gasteiger partial charge in [-0.15, -0.1) is 0 Å². The van der Waals surface area contributed by atoms with E-state index in [-0.39, 0.29) is 73.6 Å². The zero-order chi connectivity index (χ0) is 48.0. The Bertz CT molecular complexity index is 2710. The Morgan fingerprint density at radius 1 is 0.600 bits per heavy atom. The van der Waals surface area contributed by atoms with E-state index in [2.05, 4.69) is 26.6 Å². The van der Waals surface area contributed by atoms with E-state index in [9.17, 15) is 49.2 Å². The van der Waals surface area contributed by atoms with Crippen LogP contribution in [0.5, 0.6) is 40.2 Å². The number of hydrogen-bond acceptors (Lipinski definition) is 14. The molecular formula is C45H42N6O14. The minimum absolute atomic E-state index is 0.000186. The molecule has 336 valence electrons. The summed E-state index contributed by atoms with van der Waals surface area (Å²) in [5.74, 6) is -7.83. The Kier molecular flexibility index (Phi) is 16.4. The van der Waals surface area contributed by atoms with Gasteiger partial charge >= 0.3 is 5.97 Å². The monoisotopic (exact) mass is 890 g/mol. The molecule has 0 unspecified atom stereocenters. The molecule has 0 aliphatic heterocycles. The molecule has 65 heavy (non-hydrogen) atoms.